The van der Waals surface area contributed by atoms with Crippen LogP contribution in [0, 0.1) is 6.92 Å². The zero-order valence-electron chi connectivity index (χ0n) is 17.0. The van der Waals surface area contributed by atoms with Crippen molar-refractivity contribution in [2.45, 2.75) is 45.7 Å². The normalized spacial score (nSPS) is 14.6. The highest BCUT2D eigenvalue weighted by atomic mass is 19.3. The number of aryl methyl sites for hydroxylation is 1. The fourth-order valence-electron chi connectivity index (χ4n) is 3.21. The Labute approximate surface area is 175 Å². The van der Waals surface area contributed by atoms with Gasteiger partial charge in [-0.3, -0.25) is 9.59 Å². The number of halogens is 4. The van der Waals surface area contributed by atoms with E-state index in [1.165, 1.54) is 19.3 Å². The molecule has 31 heavy (non-hydrogen) atoms. The van der Waals surface area contributed by atoms with Crippen molar-refractivity contribution >= 4 is 17.6 Å². The second kappa shape index (κ2) is 8.48. The number of rotatable bonds is 7. The number of ether oxygens (including phenoxy) is 1. The van der Waals surface area contributed by atoms with E-state index < -0.39 is 25.0 Å². The number of carbonyl (C=O) groups is 2. The van der Waals surface area contributed by atoms with Gasteiger partial charge < -0.3 is 15.0 Å². The molecule has 1 N–H and O–H groups in total. The molecule has 0 radical (unpaired) electrons. The molecule has 2 amide bonds. The van der Waals surface area contributed by atoms with Crippen LogP contribution in [0.2, 0.25) is 0 Å². The number of anilines is 1. The molecule has 2 aromatic rings. The number of pyridine rings is 2. The maximum Gasteiger partial charge on any atom is 0.340 e. The molecule has 0 aliphatic carbocycles. The van der Waals surface area contributed by atoms with Gasteiger partial charge in [0.05, 0.1) is 12.6 Å². The average Bonchev–Trinajstić information content (AvgIpc) is 3.03. The number of hydrogen-bond acceptors (Lipinski definition) is 5. The number of nitrogens with one attached hydrogen (secondary N) is 1. The number of amides is 2. The monoisotopic (exact) mass is 440 g/mol. The lowest BCUT2D eigenvalue weighted by atomic mass is 10.1. The van der Waals surface area contributed by atoms with Crippen molar-refractivity contribution in [1.82, 2.24) is 14.9 Å². The van der Waals surface area contributed by atoms with Gasteiger partial charge in [0.1, 0.15) is 5.82 Å². The molecule has 3 heterocycles. The quantitative estimate of drug-likeness (QED) is 0.663. The molecule has 1 atom stereocenters. The number of alkyl halides is 4. The van der Waals surface area contributed by atoms with E-state index in [1.54, 1.807) is 30.9 Å². The van der Waals surface area contributed by atoms with Gasteiger partial charge in [-0.2, -0.15) is 8.78 Å². The summed E-state index contributed by atoms with van der Waals surface area (Å²) in [6.07, 6.45) is -1.06. The van der Waals surface area contributed by atoms with Gasteiger partial charge in [0, 0.05) is 36.0 Å². The second-order valence-electron chi connectivity index (χ2n) is 7.22. The van der Waals surface area contributed by atoms with E-state index in [0.717, 1.165) is 0 Å². The summed E-state index contributed by atoms with van der Waals surface area (Å²) in [6.45, 7) is 3.35. The molecular weight excluding hydrogens is 420 g/mol. The smallest absolute Gasteiger partial charge is 0.340 e. The molecule has 0 bridgehead atoms. The van der Waals surface area contributed by atoms with Gasteiger partial charge >= 0.3 is 12.3 Å². The zero-order chi connectivity index (χ0) is 22.9. The summed E-state index contributed by atoms with van der Waals surface area (Å²) >= 11 is 0. The van der Waals surface area contributed by atoms with Crippen LogP contribution in [0.3, 0.4) is 0 Å². The van der Waals surface area contributed by atoms with Crippen LogP contribution in [0.4, 0.5) is 23.4 Å². The lowest BCUT2D eigenvalue weighted by molar-refractivity contribution is -0.148. The van der Waals surface area contributed by atoms with Crippen molar-refractivity contribution in [3.05, 3.63) is 46.8 Å². The first kappa shape index (κ1) is 22.4. The molecular formula is C20H20F4N4O3. The van der Waals surface area contributed by atoms with Crippen molar-refractivity contribution in [1.29, 1.82) is 0 Å². The molecule has 11 heteroatoms. The molecule has 1 aliphatic rings. The zero-order valence-corrected chi connectivity index (χ0v) is 17.0. The van der Waals surface area contributed by atoms with E-state index >= 15 is 0 Å². The Hall–Kier alpha value is -3.24. The minimum atomic E-state index is -4.28. The first-order valence-corrected chi connectivity index (χ1v) is 9.33. The van der Waals surface area contributed by atoms with E-state index in [0.29, 0.717) is 28.1 Å². The first-order chi connectivity index (χ1) is 14.5. The largest absolute Gasteiger partial charge is 0.471 e. The van der Waals surface area contributed by atoms with E-state index in [1.807, 2.05) is 0 Å². The Bertz CT molecular complexity index is 1020. The van der Waals surface area contributed by atoms with Gasteiger partial charge in [-0.1, -0.05) is 0 Å². The number of carbonyl (C=O) groups excluding carboxylic acids is 2. The molecule has 7 nitrogen and oxygen atoms in total. The summed E-state index contributed by atoms with van der Waals surface area (Å²) in [5, 5.41) is 2.60. The number of aromatic nitrogens is 2. The molecule has 2 aromatic heterocycles. The third kappa shape index (κ3) is 4.59. The highest BCUT2D eigenvalue weighted by Crippen LogP contribution is 2.34. The van der Waals surface area contributed by atoms with Gasteiger partial charge in [-0.15, -0.1) is 0 Å². The Morgan fingerprint density at radius 3 is 2.68 bits per heavy atom. The molecule has 3 rings (SSSR count). The predicted octanol–water partition coefficient (Wildman–Crippen LogP) is 3.74. The molecule has 0 saturated carbocycles. The van der Waals surface area contributed by atoms with Crippen molar-refractivity contribution in [2.24, 2.45) is 0 Å². The second-order valence-corrected chi connectivity index (χ2v) is 7.22. The van der Waals surface area contributed by atoms with E-state index in [4.69, 9.17) is 4.74 Å². The number of nitrogens with zero attached hydrogens (tertiary/aromatic N) is 3. The van der Waals surface area contributed by atoms with Crippen LogP contribution in [-0.4, -0.2) is 45.6 Å². The molecule has 0 fully saturated rings. The minimum Gasteiger partial charge on any atom is -0.471 e. The summed E-state index contributed by atoms with van der Waals surface area (Å²) < 4.78 is 55.5. The molecule has 0 spiro atoms. The third-order valence-electron chi connectivity index (χ3n) is 4.89. The summed E-state index contributed by atoms with van der Waals surface area (Å²) in [5.74, 6) is -4.73. The van der Waals surface area contributed by atoms with Crippen LogP contribution in [0.15, 0.2) is 24.5 Å². The standard InChI is InChI=1S/C20H20F4N4O3/c1-10-6-13(7-26-17(10)31-9-20(23,24)19(21)22)11(2)28-8-15-14(18(28)30)4-5-25-16(15)27-12(3)29/h4-7,11,19H,8-9H2,1-3H3,(H,25,27,29). The lowest BCUT2D eigenvalue weighted by Crippen LogP contribution is -2.34. The predicted molar refractivity (Wildman–Crippen MR) is 102 cm³/mol. The summed E-state index contributed by atoms with van der Waals surface area (Å²) in [6, 6.07) is 2.71. The van der Waals surface area contributed by atoms with Crippen molar-refractivity contribution in [3.8, 4) is 5.88 Å². The Morgan fingerprint density at radius 2 is 2.06 bits per heavy atom. The van der Waals surface area contributed by atoms with Crippen molar-refractivity contribution in [3.63, 3.8) is 0 Å². The lowest BCUT2D eigenvalue weighted by Gasteiger charge is -2.25. The Morgan fingerprint density at radius 1 is 1.35 bits per heavy atom. The molecule has 0 saturated heterocycles. The number of fused-ring (bicyclic) bond motifs is 1. The minimum absolute atomic E-state index is 0.190. The summed E-state index contributed by atoms with van der Waals surface area (Å²) in [5.41, 5.74) is 1.97. The fourth-order valence-corrected chi connectivity index (χ4v) is 3.21. The summed E-state index contributed by atoms with van der Waals surface area (Å²) in [4.78, 5) is 33.9. The van der Waals surface area contributed by atoms with Crippen molar-refractivity contribution < 1.29 is 31.9 Å². The molecule has 0 aromatic carbocycles. The molecule has 166 valence electrons. The van der Waals surface area contributed by atoms with Crippen LogP contribution < -0.4 is 10.1 Å². The summed E-state index contributed by atoms with van der Waals surface area (Å²) in [7, 11) is 0. The highest BCUT2D eigenvalue weighted by molar-refractivity contribution is 6.01. The maximum absolute atomic E-state index is 13.1. The van der Waals surface area contributed by atoms with Crippen LogP contribution >= 0.6 is 0 Å². The SMILES string of the molecule is CC(=O)Nc1nccc2c1CN(C(C)c1cnc(OCC(F)(F)C(F)F)c(C)c1)C2=O. The Balaban J connectivity index is 1.77. The van der Waals surface area contributed by atoms with Crippen LogP contribution in [0.5, 0.6) is 5.88 Å². The van der Waals surface area contributed by atoms with Gasteiger partial charge in [-0.05, 0) is 31.5 Å². The third-order valence-corrected chi connectivity index (χ3v) is 4.89. The maximum atomic E-state index is 13.1. The van der Waals surface area contributed by atoms with Crippen LogP contribution in [-0.2, 0) is 11.3 Å². The molecule has 1 aliphatic heterocycles. The highest BCUT2D eigenvalue weighted by Gasteiger charge is 2.42. The first-order valence-electron chi connectivity index (χ1n) is 9.33. The fraction of sp³-hybridized carbons (Fsp3) is 0.400. The van der Waals surface area contributed by atoms with E-state index in [-0.39, 0.29) is 24.2 Å². The van der Waals surface area contributed by atoms with Gasteiger partial charge in [0.2, 0.25) is 11.8 Å². The number of hydrogen-bond donors (Lipinski definition) is 1. The Kier molecular flexibility index (Phi) is 6.14. The van der Waals surface area contributed by atoms with Gasteiger partial charge in [0.15, 0.2) is 6.61 Å². The van der Waals surface area contributed by atoms with Crippen LogP contribution in [0.25, 0.3) is 0 Å². The van der Waals surface area contributed by atoms with Gasteiger partial charge in [-0.25, -0.2) is 18.7 Å². The average molecular weight is 440 g/mol. The molecule has 1 unspecified atom stereocenters. The topological polar surface area (TPSA) is 84.4 Å². The van der Waals surface area contributed by atoms with Crippen LogP contribution in [0.1, 0.15) is 46.9 Å². The van der Waals surface area contributed by atoms with Gasteiger partial charge in [0.25, 0.3) is 5.91 Å². The van der Waals surface area contributed by atoms with Crippen molar-refractivity contribution in [2.75, 3.05) is 11.9 Å². The van der Waals surface area contributed by atoms with E-state index in [9.17, 15) is 27.2 Å². The van der Waals surface area contributed by atoms with E-state index in [2.05, 4.69) is 15.3 Å².